The highest BCUT2D eigenvalue weighted by atomic mass is 19.4. The van der Waals surface area contributed by atoms with Crippen LogP contribution in [0.3, 0.4) is 0 Å². The fourth-order valence-corrected chi connectivity index (χ4v) is 5.26. The maximum atomic E-state index is 13.4. The summed E-state index contributed by atoms with van der Waals surface area (Å²) in [6.45, 7) is 8.95. The Bertz CT molecular complexity index is 1130. The molecule has 208 valence electrons. The summed E-state index contributed by atoms with van der Waals surface area (Å²) in [6.07, 6.45) is -5.79. The van der Waals surface area contributed by atoms with Gasteiger partial charge in [0.2, 0.25) is 0 Å². The van der Waals surface area contributed by atoms with E-state index in [1.807, 2.05) is 20.8 Å². The first-order chi connectivity index (χ1) is 17.7. The lowest BCUT2D eigenvalue weighted by atomic mass is 9.72. The number of hydrogen-bond acceptors (Lipinski definition) is 5. The van der Waals surface area contributed by atoms with Gasteiger partial charge in [0.1, 0.15) is 11.8 Å². The van der Waals surface area contributed by atoms with E-state index < -0.39 is 59.4 Å². The number of rotatable bonds is 7. The van der Waals surface area contributed by atoms with E-state index in [4.69, 9.17) is 9.47 Å². The first kappa shape index (κ1) is 29.3. The second-order valence-corrected chi connectivity index (χ2v) is 10.8. The molecule has 0 aliphatic carbocycles. The molecule has 1 fully saturated rings. The van der Waals surface area contributed by atoms with Crippen LogP contribution < -0.4 is 10.1 Å². The molecule has 0 aromatic heterocycles. The number of methoxy groups -OCH3 is 1. The van der Waals surface area contributed by atoms with Crippen LogP contribution in [-0.4, -0.2) is 47.4 Å². The van der Waals surface area contributed by atoms with E-state index in [0.717, 1.165) is 12.1 Å². The largest absolute Gasteiger partial charge is 0.496 e. The van der Waals surface area contributed by atoms with Gasteiger partial charge in [-0.3, -0.25) is 4.90 Å². The molecule has 4 atom stereocenters. The van der Waals surface area contributed by atoms with Gasteiger partial charge in [-0.05, 0) is 43.0 Å². The third kappa shape index (κ3) is 6.23. The molecule has 1 heterocycles. The van der Waals surface area contributed by atoms with E-state index in [1.165, 1.54) is 18.1 Å². The zero-order chi connectivity index (χ0) is 28.4. The average molecular weight is 537 g/mol. The molecule has 10 heteroatoms. The van der Waals surface area contributed by atoms with Gasteiger partial charge in [0.15, 0.2) is 0 Å². The molecule has 2 aromatic rings. The van der Waals surface area contributed by atoms with Gasteiger partial charge in [0.05, 0.1) is 24.8 Å². The number of nitrogens with one attached hydrogen (secondary N) is 1. The van der Waals surface area contributed by atoms with E-state index >= 15 is 0 Å². The number of aliphatic carboxylic acids is 1. The Morgan fingerprint density at radius 3 is 2.21 bits per heavy atom. The third-order valence-corrected chi connectivity index (χ3v) is 6.74. The molecule has 2 aromatic carbocycles. The predicted octanol–water partition coefficient (Wildman–Crippen LogP) is 5.89. The first-order valence-electron chi connectivity index (χ1n) is 12.4. The van der Waals surface area contributed by atoms with E-state index in [2.05, 4.69) is 5.32 Å². The molecule has 1 amide bonds. The summed E-state index contributed by atoms with van der Waals surface area (Å²) in [7, 11) is 1.37. The van der Waals surface area contributed by atoms with Crippen LogP contribution >= 0.6 is 0 Å². The van der Waals surface area contributed by atoms with Crippen molar-refractivity contribution >= 4 is 12.1 Å². The minimum Gasteiger partial charge on any atom is -0.496 e. The monoisotopic (exact) mass is 536 g/mol. The van der Waals surface area contributed by atoms with Crippen molar-refractivity contribution in [1.29, 1.82) is 0 Å². The van der Waals surface area contributed by atoms with E-state index in [0.29, 0.717) is 5.56 Å². The lowest BCUT2D eigenvalue weighted by Gasteiger charge is -2.35. The van der Waals surface area contributed by atoms with Crippen LogP contribution in [0.15, 0.2) is 48.5 Å². The standard InChI is InChI=1S/C28H35F3N2O5/c1-16(2)38-26(36)33-23(17-10-8-7-9-11-17)22(21(27(3,4)5)24(33)25(34)35)32-15-18-14-19(28(29,30)31)12-13-20(18)37-6/h7-14,16,21-24,32H,15H2,1-6H3,(H,34,35)/t21-,22-,23-,24-/m0/s1. The van der Waals surface area contributed by atoms with Gasteiger partial charge in [0, 0.05) is 24.1 Å². The summed E-state index contributed by atoms with van der Waals surface area (Å²) in [6, 6.07) is 9.56. The zero-order valence-corrected chi connectivity index (χ0v) is 22.4. The van der Waals surface area contributed by atoms with Crippen LogP contribution in [0.4, 0.5) is 18.0 Å². The molecule has 0 spiro atoms. The van der Waals surface area contributed by atoms with Crippen molar-refractivity contribution in [3.63, 3.8) is 0 Å². The smallest absolute Gasteiger partial charge is 0.416 e. The number of likely N-dealkylation sites (tertiary alicyclic amines) is 1. The van der Waals surface area contributed by atoms with Crippen molar-refractivity contribution in [1.82, 2.24) is 10.2 Å². The number of carboxylic acid groups (broad SMARTS) is 1. The molecule has 7 nitrogen and oxygen atoms in total. The second kappa shape index (κ2) is 11.2. The Balaban J connectivity index is 2.14. The molecule has 0 radical (unpaired) electrons. The number of carboxylic acids is 1. The average Bonchev–Trinajstić information content (AvgIpc) is 3.18. The van der Waals surface area contributed by atoms with Crippen LogP contribution in [0.1, 0.15) is 57.4 Å². The van der Waals surface area contributed by atoms with Crippen molar-refractivity contribution in [3.05, 3.63) is 65.2 Å². The lowest BCUT2D eigenvalue weighted by molar-refractivity contribution is -0.145. The Hall–Kier alpha value is -3.27. The molecule has 0 bridgehead atoms. The Kier molecular flexibility index (Phi) is 8.65. The van der Waals surface area contributed by atoms with Crippen LogP contribution in [0.5, 0.6) is 5.75 Å². The van der Waals surface area contributed by atoms with Gasteiger partial charge in [-0.15, -0.1) is 0 Å². The van der Waals surface area contributed by atoms with Gasteiger partial charge in [0.25, 0.3) is 0 Å². The molecule has 0 unspecified atom stereocenters. The third-order valence-electron chi connectivity index (χ3n) is 6.74. The van der Waals surface area contributed by atoms with Crippen LogP contribution in [0.2, 0.25) is 0 Å². The summed E-state index contributed by atoms with van der Waals surface area (Å²) in [4.78, 5) is 27.3. The quantitative estimate of drug-likeness (QED) is 0.459. The lowest BCUT2D eigenvalue weighted by Crippen LogP contribution is -2.48. The zero-order valence-electron chi connectivity index (χ0n) is 22.4. The number of halogens is 3. The summed E-state index contributed by atoms with van der Waals surface area (Å²) >= 11 is 0. The van der Waals surface area contributed by atoms with E-state index in [1.54, 1.807) is 44.2 Å². The molecule has 2 N–H and O–H groups in total. The number of amides is 1. The van der Waals surface area contributed by atoms with Crippen LogP contribution in [0, 0.1) is 11.3 Å². The number of benzene rings is 2. The van der Waals surface area contributed by atoms with E-state index in [-0.39, 0.29) is 17.9 Å². The summed E-state index contributed by atoms with van der Waals surface area (Å²) < 4.78 is 51.1. The van der Waals surface area contributed by atoms with Gasteiger partial charge < -0.3 is 19.9 Å². The number of carbonyl (C=O) groups excluding carboxylic acids is 1. The van der Waals surface area contributed by atoms with Crippen LogP contribution in [0.25, 0.3) is 0 Å². The van der Waals surface area contributed by atoms with Crippen molar-refractivity contribution in [2.75, 3.05) is 7.11 Å². The highest BCUT2D eigenvalue weighted by Crippen LogP contribution is 2.48. The summed E-state index contributed by atoms with van der Waals surface area (Å²) in [5.74, 6) is -1.55. The maximum Gasteiger partial charge on any atom is 0.416 e. The highest BCUT2D eigenvalue weighted by molar-refractivity contribution is 5.82. The fraction of sp³-hybridized carbons (Fsp3) is 0.500. The molecular weight excluding hydrogens is 501 g/mol. The number of ether oxygens (including phenoxy) is 2. The molecule has 1 aliphatic rings. The molecule has 1 aliphatic heterocycles. The number of nitrogens with zero attached hydrogens (tertiary/aromatic N) is 1. The molecule has 38 heavy (non-hydrogen) atoms. The Morgan fingerprint density at radius 2 is 1.71 bits per heavy atom. The Labute approximate surface area is 220 Å². The molecule has 3 rings (SSSR count). The van der Waals surface area contributed by atoms with Gasteiger partial charge in [-0.2, -0.15) is 13.2 Å². The fourth-order valence-electron chi connectivity index (χ4n) is 5.26. The SMILES string of the molecule is COc1ccc(C(F)(F)F)cc1CN[C@H]1[C@H](C(C)(C)C)[C@@H](C(=O)O)N(C(=O)OC(C)C)[C@H]1c1ccccc1. The van der Waals surface area contributed by atoms with Crippen molar-refractivity contribution in [2.24, 2.45) is 11.3 Å². The molecule has 0 saturated carbocycles. The minimum atomic E-state index is -4.54. The normalized spacial score (nSPS) is 22.0. The van der Waals surface area contributed by atoms with Crippen molar-refractivity contribution < 1.29 is 37.3 Å². The van der Waals surface area contributed by atoms with Gasteiger partial charge in [-0.1, -0.05) is 51.1 Å². The molecule has 1 saturated heterocycles. The molecular formula is C28H35F3N2O5. The number of carbonyl (C=O) groups is 2. The Morgan fingerprint density at radius 1 is 1.08 bits per heavy atom. The van der Waals surface area contributed by atoms with E-state index in [9.17, 15) is 27.9 Å². The maximum absolute atomic E-state index is 13.4. The minimum absolute atomic E-state index is 0.0485. The number of alkyl halides is 3. The number of hydrogen-bond donors (Lipinski definition) is 2. The summed E-state index contributed by atoms with van der Waals surface area (Å²) in [5.41, 5.74) is -0.492. The topological polar surface area (TPSA) is 88.1 Å². The first-order valence-corrected chi connectivity index (χ1v) is 12.4. The van der Waals surface area contributed by atoms with Gasteiger partial charge in [-0.25, -0.2) is 9.59 Å². The highest BCUT2D eigenvalue weighted by Gasteiger charge is 2.58. The second-order valence-electron chi connectivity index (χ2n) is 10.8. The summed E-state index contributed by atoms with van der Waals surface area (Å²) in [5, 5.41) is 13.7. The van der Waals surface area contributed by atoms with Gasteiger partial charge >= 0.3 is 18.2 Å². The van der Waals surface area contributed by atoms with Crippen molar-refractivity contribution in [3.8, 4) is 5.75 Å². The van der Waals surface area contributed by atoms with Crippen LogP contribution in [-0.2, 0) is 22.3 Å². The predicted molar refractivity (Wildman–Crippen MR) is 136 cm³/mol. The van der Waals surface area contributed by atoms with Crippen molar-refractivity contribution in [2.45, 2.75) is 71.6 Å².